The van der Waals surface area contributed by atoms with Gasteiger partial charge in [0.25, 0.3) is 0 Å². The highest BCUT2D eigenvalue weighted by molar-refractivity contribution is 5.12. The van der Waals surface area contributed by atoms with E-state index in [0.29, 0.717) is 29.6 Å². The number of aliphatic hydroxyl groups excluding tert-OH is 1. The fourth-order valence-corrected chi connectivity index (χ4v) is 9.97. The molecule has 1 spiro atoms. The maximum absolute atomic E-state index is 10.5. The quantitative estimate of drug-likeness (QED) is 0.602. The predicted octanol–water partition coefficient (Wildman–Crippen LogP) is 5.80. The lowest BCUT2D eigenvalue weighted by Crippen LogP contribution is -2.56. The van der Waals surface area contributed by atoms with E-state index in [-0.39, 0.29) is 6.10 Å². The predicted molar refractivity (Wildman–Crippen MR) is 115 cm³/mol. The van der Waals surface area contributed by atoms with E-state index < -0.39 is 0 Å². The topological polar surface area (TPSA) is 38.7 Å². The molecule has 5 aliphatic carbocycles. The fourth-order valence-electron chi connectivity index (χ4n) is 9.97. The molecule has 0 aromatic rings. The van der Waals surface area contributed by atoms with E-state index in [4.69, 9.17) is 9.47 Å². The molecule has 5 rings (SSSR count). The van der Waals surface area contributed by atoms with Gasteiger partial charge in [0.1, 0.15) is 6.79 Å². The van der Waals surface area contributed by atoms with Gasteiger partial charge in [0.15, 0.2) is 0 Å². The van der Waals surface area contributed by atoms with E-state index in [0.717, 1.165) is 29.6 Å². The normalized spacial score (nSPS) is 52.8. The third-order valence-electron chi connectivity index (χ3n) is 11.1. The number of aliphatic hydroxyl groups is 1. The molecule has 1 N–H and O–H groups in total. The summed E-state index contributed by atoms with van der Waals surface area (Å²) in [5.41, 5.74) is 1.12. The summed E-state index contributed by atoms with van der Waals surface area (Å²) in [6.45, 7) is 5.18. The van der Waals surface area contributed by atoms with Crippen molar-refractivity contribution in [1.82, 2.24) is 0 Å². The summed E-state index contributed by atoms with van der Waals surface area (Å²) in [7, 11) is 1.73. The lowest BCUT2D eigenvalue weighted by atomic mass is 9.42. The summed E-state index contributed by atoms with van der Waals surface area (Å²) in [5, 5.41) is 10.5. The molecule has 166 valence electrons. The monoisotopic (exact) mass is 404 g/mol. The largest absolute Gasteiger partial charge is 0.393 e. The van der Waals surface area contributed by atoms with Gasteiger partial charge in [0.2, 0.25) is 0 Å². The number of hydrogen-bond donors (Lipinski definition) is 1. The minimum absolute atomic E-state index is 0.107. The molecule has 5 fully saturated rings. The van der Waals surface area contributed by atoms with E-state index in [2.05, 4.69) is 13.8 Å². The molecule has 0 heterocycles. The van der Waals surface area contributed by atoms with Gasteiger partial charge in [-0.25, -0.2) is 0 Å². The van der Waals surface area contributed by atoms with Crippen molar-refractivity contribution in [1.29, 1.82) is 0 Å². The molecule has 3 nitrogen and oxygen atoms in total. The molecule has 0 aliphatic heterocycles. The van der Waals surface area contributed by atoms with Gasteiger partial charge < -0.3 is 14.6 Å². The van der Waals surface area contributed by atoms with Crippen molar-refractivity contribution in [3.05, 3.63) is 0 Å². The van der Waals surface area contributed by atoms with Gasteiger partial charge in [-0.1, -0.05) is 13.3 Å². The van der Waals surface area contributed by atoms with Crippen LogP contribution >= 0.6 is 0 Å². The van der Waals surface area contributed by atoms with Crippen LogP contribution in [0.4, 0.5) is 0 Å². The van der Waals surface area contributed by atoms with Gasteiger partial charge in [-0.05, 0) is 124 Å². The van der Waals surface area contributed by atoms with Crippen molar-refractivity contribution in [2.75, 3.05) is 13.9 Å². The molecule has 6 unspecified atom stereocenters. The summed E-state index contributed by atoms with van der Waals surface area (Å²) in [5.74, 6) is 5.08. The van der Waals surface area contributed by atoms with Gasteiger partial charge in [-0.3, -0.25) is 0 Å². The van der Waals surface area contributed by atoms with Crippen LogP contribution in [0, 0.1) is 46.3 Å². The zero-order chi connectivity index (χ0) is 20.2. The summed E-state index contributed by atoms with van der Waals surface area (Å²) < 4.78 is 11.2. The van der Waals surface area contributed by atoms with E-state index in [1.165, 1.54) is 77.0 Å². The first-order valence-electron chi connectivity index (χ1n) is 12.8. The average molecular weight is 405 g/mol. The SMILES string of the molecule is COCO[C@@H]1CC[C@]2(C)C3CC[C@]45CCCC(C(C)O)C4CCC5C3CC[C@H]2C1. The minimum Gasteiger partial charge on any atom is -0.393 e. The van der Waals surface area contributed by atoms with Crippen LogP contribution in [-0.2, 0) is 9.47 Å². The number of fused-ring (bicyclic) bond motifs is 4. The maximum Gasteiger partial charge on any atom is 0.146 e. The van der Waals surface area contributed by atoms with Crippen LogP contribution in [0.15, 0.2) is 0 Å². The fraction of sp³-hybridized carbons (Fsp3) is 1.00. The van der Waals surface area contributed by atoms with Crippen LogP contribution in [0.1, 0.15) is 90.9 Å². The Labute approximate surface area is 178 Å². The highest BCUT2D eigenvalue weighted by Gasteiger charge is 2.63. The molecule has 5 saturated carbocycles. The summed E-state index contributed by atoms with van der Waals surface area (Å²) in [6.07, 6.45) is 16.9. The second kappa shape index (κ2) is 7.78. The van der Waals surface area contributed by atoms with Crippen molar-refractivity contribution >= 4 is 0 Å². The Kier molecular flexibility index (Phi) is 5.57. The highest BCUT2D eigenvalue weighted by atomic mass is 16.7. The lowest BCUT2D eigenvalue weighted by Gasteiger charge is -2.63. The molecule has 5 aliphatic rings. The Morgan fingerprint density at radius 1 is 0.931 bits per heavy atom. The Balaban J connectivity index is 1.35. The molecule has 0 radical (unpaired) electrons. The second-order valence-corrected chi connectivity index (χ2v) is 11.9. The first-order chi connectivity index (χ1) is 14.0. The average Bonchev–Trinajstić information content (AvgIpc) is 3.12. The number of hydrogen-bond acceptors (Lipinski definition) is 3. The smallest absolute Gasteiger partial charge is 0.146 e. The third-order valence-corrected chi connectivity index (χ3v) is 11.1. The molecule has 3 heteroatoms. The zero-order valence-electron chi connectivity index (χ0n) is 19.1. The number of ether oxygens (including phenoxy) is 2. The van der Waals surface area contributed by atoms with Crippen molar-refractivity contribution < 1.29 is 14.6 Å². The van der Waals surface area contributed by atoms with Crippen molar-refractivity contribution in [2.24, 2.45) is 46.3 Å². The highest BCUT2D eigenvalue weighted by Crippen LogP contribution is 2.71. The third kappa shape index (κ3) is 3.16. The van der Waals surface area contributed by atoms with Gasteiger partial charge in [0, 0.05) is 7.11 Å². The van der Waals surface area contributed by atoms with Crippen LogP contribution in [0.25, 0.3) is 0 Å². The van der Waals surface area contributed by atoms with Crippen LogP contribution in [0.2, 0.25) is 0 Å². The lowest BCUT2D eigenvalue weighted by molar-refractivity contribution is -0.162. The van der Waals surface area contributed by atoms with E-state index >= 15 is 0 Å². The summed E-state index contributed by atoms with van der Waals surface area (Å²) in [6, 6.07) is 0. The standard InChI is InChI=1S/C26H44O3/c1-17(27)20-5-4-12-26-14-11-22-21(24(26)9-8-23(20)26)7-6-18-15-19(29-16-28-3)10-13-25(18,22)2/h17-24,27H,4-16H2,1-3H3/t17?,18-,19+,20?,21?,22?,23?,24?,25-,26+/m0/s1. The van der Waals surface area contributed by atoms with Crippen molar-refractivity contribution in [3.8, 4) is 0 Å². The van der Waals surface area contributed by atoms with Crippen LogP contribution in [-0.4, -0.2) is 31.2 Å². The van der Waals surface area contributed by atoms with Crippen molar-refractivity contribution in [3.63, 3.8) is 0 Å². The first kappa shape index (κ1) is 20.8. The zero-order valence-corrected chi connectivity index (χ0v) is 19.1. The summed E-state index contributed by atoms with van der Waals surface area (Å²) in [4.78, 5) is 0. The Morgan fingerprint density at radius 2 is 1.76 bits per heavy atom. The van der Waals surface area contributed by atoms with E-state index in [1.807, 2.05) is 0 Å². The molecular weight excluding hydrogens is 360 g/mol. The van der Waals surface area contributed by atoms with Crippen molar-refractivity contribution in [2.45, 2.75) is 103 Å². The molecule has 0 amide bonds. The van der Waals surface area contributed by atoms with Gasteiger partial charge >= 0.3 is 0 Å². The molecule has 0 bridgehead atoms. The van der Waals surface area contributed by atoms with Gasteiger partial charge in [-0.2, -0.15) is 0 Å². The Hall–Kier alpha value is -0.120. The first-order valence-corrected chi connectivity index (χ1v) is 12.8. The van der Waals surface area contributed by atoms with E-state index in [1.54, 1.807) is 7.11 Å². The van der Waals surface area contributed by atoms with Crippen LogP contribution in [0.5, 0.6) is 0 Å². The van der Waals surface area contributed by atoms with Gasteiger partial charge in [-0.15, -0.1) is 0 Å². The minimum atomic E-state index is -0.107. The molecule has 10 atom stereocenters. The number of methoxy groups -OCH3 is 1. The molecule has 29 heavy (non-hydrogen) atoms. The molecular formula is C26H44O3. The van der Waals surface area contributed by atoms with Crippen LogP contribution < -0.4 is 0 Å². The second-order valence-electron chi connectivity index (χ2n) is 11.9. The Bertz CT molecular complexity index is 591. The number of rotatable bonds is 4. The Morgan fingerprint density at radius 3 is 2.55 bits per heavy atom. The summed E-state index contributed by atoms with van der Waals surface area (Å²) >= 11 is 0. The molecule has 0 saturated heterocycles. The van der Waals surface area contributed by atoms with Crippen LogP contribution in [0.3, 0.4) is 0 Å². The molecule has 0 aromatic carbocycles. The van der Waals surface area contributed by atoms with Gasteiger partial charge in [0.05, 0.1) is 12.2 Å². The molecule has 0 aromatic heterocycles. The maximum atomic E-state index is 10.5. The van der Waals surface area contributed by atoms with E-state index in [9.17, 15) is 5.11 Å².